The summed E-state index contributed by atoms with van der Waals surface area (Å²) in [4.78, 5) is 52.5. The van der Waals surface area contributed by atoms with Gasteiger partial charge in [-0.1, -0.05) is 93.6 Å². The van der Waals surface area contributed by atoms with Gasteiger partial charge in [0.25, 0.3) is 0 Å². The second-order valence-electron chi connectivity index (χ2n) is 19.3. The maximum atomic E-state index is 14.0. The fourth-order valence-corrected chi connectivity index (χ4v) is 10.7. The third-order valence-corrected chi connectivity index (χ3v) is 14.6. The van der Waals surface area contributed by atoms with Crippen LogP contribution in [0.25, 0.3) is 10.4 Å². The Kier molecular flexibility index (Phi) is 15.7. The molecule has 4 unspecified atom stereocenters. The summed E-state index contributed by atoms with van der Waals surface area (Å²) >= 11 is 1.61. The predicted molar refractivity (Wildman–Crippen MR) is 263 cm³/mol. The number of thiazole rings is 1. The van der Waals surface area contributed by atoms with E-state index in [-0.39, 0.29) is 30.2 Å². The number of phenols is 1. The van der Waals surface area contributed by atoms with Crippen molar-refractivity contribution < 1.29 is 29.0 Å². The van der Waals surface area contributed by atoms with Crippen LogP contribution in [0.3, 0.4) is 0 Å². The average Bonchev–Trinajstić information content (AvgIpc) is 4.01. The van der Waals surface area contributed by atoms with Crippen molar-refractivity contribution in [3.05, 3.63) is 136 Å². The number of rotatable bonds is 17. The Morgan fingerprint density at radius 1 is 0.851 bits per heavy atom. The number of hydrogen-bond acceptors (Lipinski definition) is 10. The predicted octanol–water partition coefficient (Wildman–Crippen LogP) is 7.54. The smallest absolute Gasteiger partial charge is 0.246 e. The minimum absolute atomic E-state index is 0.143. The Hall–Kier alpha value is -5.60. The van der Waals surface area contributed by atoms with E-state index in [0.29, 0.717) is 50.9 Å². The van der Waals surface area contributed by atoms with Gasteiger partial charge in [-0.25, -0.2) is 4.98 Å². The lowest BCUT2D eigenvalue weighted by Crippen LogP contribution is -2.58. The molecule has 0 spiro atoms. The molecule has 67 heavy (non-hydrogen) atoms. The number of hydrogen-bond donors (Lipinski definition) is 3. The lowest BCUT2D eigenvalue weighted by Gasteiger charge is -2.35. The molecule has 0 radical (unpaired) electrons. The van der Waals surface area contributed by atoms with Gasteiger partial charge in [0.2, 0.25) is 17.7 Å². The van der Waals surface area contributed by atoms with Crippen LogP contribution in [0.1, 0.15) is 85.4 Å². The molecule has 3 aliphatic rings. The first-order valence-electron chi connectivity index (χ1n) is 23.9. The molecular weight excluding hydrogens is 861 g/mol. The van der Waals surface area contributed by atoms with Crippen molar-refractivity contribution in [2.75, 3.05) is 65.6 Å². The van der Waals surface area contributed by atoms with Gasteiger partial charge in [0.15, 0.2) is 0 Å². The van der Waals surface area contributed by atoms with E-state index in [1.54, 1.807) is 16.2 Å². The standard InChI is InChI=1S/C54H66N6O6S/c1-37-50(67-36-56-37)41-14-12-38(13-15-41)34-55-52(63)47-11-8-24-60(47)53(64)51(54(2,3)4)57-48(62)35-65-31-29-58-25-27-59(28-26-58)30-32-66-44-20-16-40(17-21-44)49-45(39-9-6-5-7-10-39)22-18-42-33-43(61)19-23-46(42)49/h5-7,9-10,12-17,19-21,23,33,36,45,47,49,51,61H,8,11,18,22,24-32,34-35H2,1-4H3,(H,55,63)(H,57,62). The number of carbonyl (C=O) groups excluding carboxylic acids is 3. The zero-order chi connectivity index (χ0) is 46.9. The molecule has 0 bridgehead atoms. The zero-order valence-corrected chi connectivity index (χ0v) is 40.2. The van der Waals surface area contributed by atoms with Crippen LogP contribution in [-0.2, 0) is 32.1 Å². The minimum Gasteiger partial charge on any atom is -0.508 e. The number of piperazine rings is 1. The van der Waals surface area contributed by atoms with E-state index in [2.05, 4.69) is 86.1 Å². The van der Waals surface area contributed by atoms with Gasteiger partial charge in [-0.05, 0) is 102 Å². The maximum Gasteiger partial charge on any atom is 0.246 e. The van der Waals surface area contributed by atoms with Gasteiger partial charge in [-0.3, -0.25) is 24.2 Å². The quantitative estimate of drug-likeness (QED) is 0.0809. The molecule has 2 saturated heterocycles. The molecule has 1 aliphatic carbocycles. The lowest BCUT2D eigenvalue weighted by atomic mass is 9.69. The number of nitrogens with zero attached hydrogens (tertiary/aromatic N) is 4. The molecule has 1 aromatic heterocycles. The fourth-order valence-electron chi connectivity index (χ4n) is 9.92. The highest BCUT2D eigenvalue weighted by Crippen LogP contribution is 2.47. The van der Waals surface area contributed by atoms with E-state index >= 15 is 0 Å². The van der Waals surface area contributed by atoms with Gasteiger partial charge < -0.3 is 30.1 Å². The van der Waals surface area contributed by atoms with Crippen molar-refractivity contribution >= 4 is 29.1 Å². The van der Waals surface area contributed by atoms with E-state index in [1.165, 1.54) is 22.3 Å². The number of aryl methyl sites for hydroxylation is 2. The molecule has 5 aromatic rings. The summed E-state index contributed by atoms with van der Waals surface area (Å²) in [5, 5.41) is 16.2. The SMILES string of the molecule is Cc1ncsc1-c1ccc(CNC(=O)C2CCCN2C(=O)C(NC(=O)COCCN2CCN(CCOc3ccc(C4c5ccc(O)cc5CCC4c4ccccc4)cc3)CC2)C(C)(C)C)cc1. The Morgan fingerprint density at radius 3 is 2.25 bits per heavy atom. The van der Waals surface area contributed by atoms with E-state index in [1.807, 2.05) is 69.6 Å². The Labute approximate surface area is 399 Å². The van der Waals surface area contributed by atoms with Gasteiger partial charge in [0, 0.05) is 58.3 Å². The molecule has 4 aromatic carbocycles. The number of benzene rings is 4. The highest BCUT2D eigenvalue weighted by Gasteiger charge is 2.42. The van der Waals surface area contributed by atoms with Gasteiger partial charge in [-0.15, -0.1) is 11.3 Å². The van der Waals surface area contributed by atoms with Crippen molar-refractivity contribution in [2.24, 2.45) is 5.41 Å². The first kappa shape index (κ1) is 47.9. The summed E-state index contributed by atoms with van der Waals surface area (Å²) < 4.78 is 12.1. The highest BCUT2D eigenvalue weighted by atomic mass is 32.1. The van der Waals surface area contributed by atoms with E-state index in [9.17, 15) is 19.5 Å². The number of fused-ring (bicyclic) bond motifs is 1. The molecule has 2 aliphatic heterocycles. The first-order valence-corrected chi connectivity index (χ1v) is 24.8. The van der Waals surface area contributed by atoms with Crippen LogP contribution in [0.2, 0.25) is 0 Å². The molecule has 3 N–H and O–H groups in total. The van der Waals surface area contributed by atoms with Crippen molar-refractivity contribution in [1.82, 2.24) is 30.3 Å². The van der Waals surface area contributed by atoms with Gasteiger partial charge in [0.05, 0.1) is 22.7 Å². The van der Waals surface area contributed by atoms with Gasteiger partial charge in [-0.2, -0.15) is 0 Å². The number of ether oxygens (including phenoxy) is 2. The number of carbonyl (C=O) groups is 3. The normalized spacial score (nSPS) is 19.4. The van der Waals surface area contributed by atoms with Crippen LogP contribution in [0, 0.1) is 12.3 Å². The number of phenolic OH excluding ortho intramolecular Hbond substituents is 1. The molecule has 8 rings (SSSR count). The van der Waals surface area contributed by atoms with E-state index < -0.39 is 17.5 Å². The van der Waals surface area contributed by atoms with Crippen LogP contribution in [0.4, 0.5) is 0 Å². The van der Waals surface area contributed by atoms with Crippen LogP contribution in [-0.4, -0.2) is 120 Å². The zero-order valence-electron chi connectivity index (χ0n) is 39.4. The van der Waals surface area contributed by atoms with Crippen molar-refractivity contribution in [3.63, 3.8) is 0 Å². The second kappa shape index (κ2) is 22.0. The van der Waals surface area contributed by atoms with Crippen LogP contribution < -0.4 is 15.4 Å². The molecule has 4 atom stereocenters. The molecule has 13 heteroatoms. The molecule has 0 saturated carbocycles. The number of nitrogens with one attached hydrogen (secondary N) is 2. The summed E-state index contributed by atoms with van der Waals surface area (Å²) in [6.07, 6.45) is 3.27. The fraction of sp³-hybridized carbons (Fsp3) is 0.444. The van der Waals surface area contributed by atoms with Crippen molar-refractivity contribution in [3.8, 4) is 21.9 Å². The van der Waals surface area contributed by atoms with Crippen LogP contribution in [0.5, 0.6) is 11.5 Å². The lowest BCUT2D eigenvalue weighted by molar-refractivity contribution is -0.144. The summed E-state index contributed by atoms with van der Waals surface area (Å²) in [7, 11) is 0. The molecular formula is C54H66N6O6S. The number of likely N-dealkylation sites (tertiary alicyclic amines) is 1. The van der Waals surface area contributed by atoms with Crippen LogP contribution in [0.15, 0.2) is 103 Å². The van der Waals surface area contributed by atoms with Crippen molar-refractivity contribution in [2.45, 2.75) is 83.8 Å². The molecule has 12 nitrogen and oxygen atoms in total. The van der Waals surface area contributed by atoms with Crippen molar-refractivity contribution in [1.29, 1.82) is 0 Å². The van der Waals surface area contributed by atoms with Gasteiger partial charge >= 0.3 is 0 Å². The molecule has 2 fully saturated rings. The molecule has 3 heterocycles. The Morgan fingerprint density at radius 2 is 1.57 bits per heavy atom. The largest absolute Gasteiger partial charge is 0.508 e. The van der Waals surface area contributed by atoms with E-state index in [4.69, 9.17) is 9.47 Å². The third kappa shape index (κ3) is 12.1. The number of aromatic hydroxyl groups is 1. The monoisotopic (exact) mass is 926 g/mol. The molecule has 354 valence electrons. The van der Waals surface area contributed by atoms with Crippen LogP contribution >= 0.6 is 11.3 Å². The summed E-state index contributed by atoms with van der Waals surface area (Å²) in [5.74, 6) is 0.966. The summed E-state index contributed by atoms with van der Waals surface area (Å²) in [6, 6.07) is 31.9. The highest BCUT2D eigenvalue weighted by molar-refractivity contribution is 7.13. The summed E-state index contributed by atoms with van der Waals surface area (Å²) in [5.41, 5.74) is 9.44. The minimum atomic E-state index is -0.805. The topological polar surface area (TPSA) is 137 Å². The second-order valence-corrected chi connectivity index (χ2v) is 20.2. The Balaban J connectivity index is 0.733. The average molecular weight is 927 g/mol. The maximum absolute atomic E-state index is 14.0. The summed E-state index contributed by atoms with van der Waals surface area (Å²) in [6.45, 7) is 14.7. The van der Waals surface area contributed by atoms with E-state index in [0.717, 1.165) is 79.4 Å². The first-order chi connectivity index (χ1) is 32.4. The molecule has 3 amide bonds. The number of aromatic nitrogens is 1. The third-order valence-electron chi connectivity index (χ3n) is 13.7. The van der Waals surface area contributed by atoms with Gasteiger partial charge in [0.1, 0.15) is 36.8 Å². The Bertz CT molecular complexity index is 2430. The number of amides is 3.